The number of allylic oxidation sites excluding steroid dienone is 2. The molecule has 0 amide bonds. The van der Waals surface area contributed by atoms with Crippen LogP contribution in [0, 0.1) is 0 Å². The first kappa shape index (κ1) is 17.7. The zero-order chi connectivity index (χ0) is 19.5. The third-order valence-corrected chi connectivity index (χ3v) is 5.29. The maximum absolute atomic E-state index is 5.78. The van der Waals surface area contributed by atoms with Crippen LogP contribution in [0.25, 0.3) is 0 Å². The van der Waals surface area contributed by atoms with Crippen molar-refractivity contribution in [1.29, 1.82) is 0 Å². The summed E-state index contributed by atoms with van der Waals surface area (Å²) in [5.41, 5.74) is 4.60. The molecule has 0 spiro atoms. The van der Waals surface area contributed by atoms with Gasteiger partial charge in [-0.15, -0.1) is 0 Å². The molecule has 1 fully saturated rings. The molecule has 5 heteroatoms. The van der Waals surface area contributed by atoms with Crippen LogP contribution in [0.1, 0.15) is 36.1 Å². The molecular weight excluding hydrogens is 362 g/mol. The fraction of sp³-hybridized carbons (Fsp3) is 0.250. The number of hydrogen-bond donors (Lipinski definition) is 1. The second kappa shape index (κ2) is 7.95. The van der Waals surface area contributed by atoms with Crippen LogP contribution in [-0.2, 0) is 9.47 Å². The van der Waals surface area contributed by atoms with Crippen molar-refractivity contribution in [2.24, 2.45) is 9.98 Å². The molecule has 0 saturated carbocycles. The third-order valence-electron chi connectivity index (χ3n) is 5.29. The van der Waals surface area contributed by atoms with Crippen molar-refractivity contribution in [3.8, 4) is 0 Å². The van der Waals surface area contributed by atoms with E-state index in [0.29, 0.717) is 25.0 Å². The lowest BCUT2D eigenvalue weighted by molar-refractivity contribution is 0.320. The smallest absolute Gasteiger partial charge is 0.211 e. The molecule has 0 unspecified atom stereocenters. The predicted octanol–water partition coefficient (Wildman–Crippen LogP) is 4.48. The molecule has 1 saturated heterocycles. The Hall–Kier alpha value is -3.34. The monoisotopic (exact) mass is 385 g/mol. The fourth-order valence-electron chi connectivity index (χ4n) is 3.75. The lowest BCUT2D eigenvalue weighted by Gasteiger charge is -2.03. The Kier molecular flexibility index (Phi) is 4.87. The lowest BCUT2D eigenvalue weighted by atomic mass is 10.1. The number of rotatable bonds is 4. The third kappa shape index (κ3) is 4.09. The standard InChI is InChI=1S/C24H23N3O2/c1-3-7-17(8-4-1)21-15-28-23(26-21)13-19-11-12-20(25-19)14-24-27-22(16-29-24)18-9-5-2-6-10-18/h1-10,13-14,21-22,25H,11-12,15-16H2/b19-13-,20-14+/t21-,22-/m0/s1. The summed E-state index contributed by atoms with van der Waals surface area (Å²) in [6, 6.07) is 20.7. The summed E-state index contributed by atoms with van der Waals surface area (Å²) in [6.45, 7) is 1.19. The summed E-state index contributed by atoms with van der Waals surface area (Å²) in [5, 5.41) is 3.45. The van der Waals surface area contributed by atoms with E-state index in [2.05, 4.69) is 29.6 Å². The van der Waals surface area contributed by atoms with Crippen LogP contribution in [-0.4, -0.2) is 25.0 Å². The molecule has 29 heavy (non-hydrogen) atoms. The van der Waals surface area contributed by atoms with Crippen molar-refractivity contribution < 1.29 is 9.47 Å². The number of hydrogen-bond acceptors (Lipinski definition) is 5. The highest BCUT2D eigenvalue weighted by Crippen LogP contribution is 2.27. The van der Waals surface area contributed by atoms with Gasteiger partial charge in [-0.1, -0.05) is 60.7 Å². The molecule has 2 atom stereocenters. The van der Waals surface area contributed by atoms with Crippen molar-refractivity contribution >= 4 is 11.8 Å². The predicted molar refractivity (Wildman–Crippen MR) is 114 cm³/mol. The van der Waals surface area contributed by atoms with E-state index < -0.39 is 0 Å². The molecule has 5 rings (SSSR count). The van der Waals surface area contributed by atoms with Gasteiger partial charge in [0.1, 0.15) is 25.3 Å². The van der Waals surface area contributed by atoms with Crippen LogP contribution in [0.2, 0.25) is 0 Å². The molecule has 0 bridgehead atoms. The van der Waals surface area contributed by atoms with E-state index in [9.17, 15) is 0 Å². The van der Waals surface area contributed by atoms with Crippen LogP contribution in [0.15, 0.2) is 94.2 Å². The molecule has 0 aromatic heterocycles. The van der Waals surface area contributed by atoms with Gasteiger partial charge in [0.05, 0.1) is 0 Å². The molecule has 0 radical (unpaired) electrons. The summed E-state index contributed by atoms with van der Waals surface area (Å²) < 4.78 is 11.6. The van der Waals surface area contributed by atoms with Gasteiger partial charge in [-0.25, -0.2) is 9.98 Å². The minimum atomic E-state index is 0.0793. The molecule has 2 aromatic carbocycles. The van der Waals surface area contributed by atoms with E-state index >= 15 is 0 Å². The second-order valence-electron chi connectivity index (χ2n) is 7.37. The van der Waals surface area contributed by atoms with E-state index in [0.717, 1.165) is 24.2 Å². The minimum absolute atomic E-state index is 0.0793. The van der Waals surface area contributed by atoms with E-state index in [1.165, 1.54) is 11.1 Å². The topological polar surface area (TPSA) is 55.2 Å². The highest BCUT2D eigenvalue weighted by Gasteiger charge is 2.23. The van der Waals surface area contributed by atoms with Gasteiger partial charge in [0.2, 0.25) is 11.8 Å². The van der Waals surface area contributed by atoms with Gasteiger partial charge in [-0.2, -0.15) is 0 Å². The number of benzene rings is 2. The van der Waals surface area contributed by atoms with Crippen LogP contribution in [0.3, 0.4) is 0 Å². The maximum atomic E-state index is 5.78. The Labute approximate surface area is 170 Å². The maximum Gasteiger partial charge on any atom is 0.211 e. The van der Waals surface area contributed by atoms with E-state index in [1.54, 1.807) is 0 Å². The largest absolute Gasteiger partial charge is 0.475 e. The number of aliphatic imine (C=N–C) groups is 2. The van der Waals surface area contributed by atoms with Crippen molar-refractivity contribution in [1.82, 2.24) is 5.32 Å². The fourth-order valence-corrected chi connectivity index (χ4v) is 3.75. The number of ether oxygens (including phenoxy) is 2. The average molecular weight is 385 g/mol. The van der Waals surface area contributed by atoms with Crippen molar-refractivity contribution in [2.75, 3.05) is 13.2 Å². The number of nitrogens with zero attached hydrogens (tertiary/aromatic N) is 2. The molecule has 0 aliphatic carbocycles. The van der Waals surface area contributed by atoms with Crippen molar-refractivity contribution in [3.63, 3.8) is 0 Å². The first-order valence-electron chi connectivity index (χ1n) is 10.0. The molecule has 3 aliphatic rings. The molecule has 3 heterocycles. The van der Waals surface area contributed by atoms with E-state index in [4.69, 9.17) is 19.5 Å². The summed E-state index contributed by atoms with van der Waals surface area (Å²) in [6.07, 6.45) is 5.88. The van der Waals surface area contributed by atoms with Crippen molar-refractivity contribution in [3.05, 3.63) is 95.3 Å². The zero-order valence-electron chi connectivity index (χ0n) is 16.1. The Morgan fingerprint density at radius 1 is 0.690 bits per heavy atom. The first-order chi connectivity index (χ1) is 14.3. The quantitative estimate of drug-likeness (QED) is 0.844. The van der Waals surface area contributed by atoms with Gasteiger partial charge in [-0.3, -0.25) is 0 Å². The highest BCUT2D eigenvalue weighted by molar-refractivity contribution is 5.91. The zero-order valence-corrected chi connectivity index (χ0v) is 16.1. The minimum Gasteiger partial charge on any atom is -0.475 e. The van der Waals surface area contributed by atoms with Gasteiger partial charge in [0, 0.05) is 23.5 Å². The van der Waals surface area contributed by atoms with Gasteiger partial charge in [-0.05, 0) is 24.0 Å². The molecular formula is C24H23N3O2. The van der Waals surface area contributed by atoms with Crippen LogP contribution in [0.5, 0.6) is 0 Å². The van der Waals surface area contributed by atoms with Crippen LogP contribution >= 0.6 is 0 Å². The molecule has 5 nitrogen and oxygen atoms in total. The summed E-state index contributed by atoms with van der Waals surface area (Å²) in [7, 11) is 0. The number of nitrogens with one attached hydrogen (secondary N) is 1. The lowest BCUT2D eigenvalue weighted by Crippen LogP contribution is -2.07. The van der Waals surface area contributed by atoms with Gasteiger partial charge >= 0.3 is 0 Å². The normalized spacial score (nSPS) is 26.1. The molecule has 146 valence electrons. The van der Waals surface area contributed by atoms with Gasteiger partial charge in [0.15, 0.2) is 0 Å². The second-order valence-corrected chi connectivity index (χ2v) is 7.37. The Morgan fingerprint density at radius 2 is 1.14 bits per heavy atom. The SMILES string of the molecule is C(/C1=N[C@H](c2ccccc2)CO1)=C1\CC/C(=C\C2=N[C@H](c3ccccc3)CO2)N1. The summed E-state index contributed by atoms with van der Waals surface area (Å²) >= 11 is 0. The van der Waals surface area contributed by atoms with Gasteiger partial charge in [0.25, 0.3) is 0 Å². The molecule has 2 aromatic rings. The summed E-state index contributed by atoms with van der Waals surface area (Å²) in [4.78, 5) is 9.41. The Balaban J connectivity index is 1.24. The summed E-state index contributed by atoms with van der Waals surface area (Å²) in [5.74, 6) is 1.39. The van der Waals surface area contributed by atoms with Gasteiger partial charge < -0.3 is 14.8 Å². The highest BCUT2D eigenvalue weighted by atomic mass is 16.5. The van der Waals surface area contributed by atoms with E-state index in [-0.39, 0.29) is 12.1 Å². The van der Waals surface area contributed by atoms with E-state index in [1.807, 2.05) is 48.6 Å². The molecule has 3 aliphatic heterocycles. The van der Waals surface area contributed by atoms with Crippen LogP contribution in [0.4, 0.5) is 0 Å². The Morgan fingerprint density at radius 3 is 1.59 bits per heavy atom. The van der Waals surface area contributed by atoms with Crippen LogP contribution < -0.4 is 5.32 Å². The molecule has 1 N–H and O–H groups in total. The first-order valence-corrected chi connectivity index (χ1v) is 10.0. The Bertz CT molecular complexity index is 912. The van der Waals surface area contributed by atoms with Crippen molar-refractivity contribution in [2.45, 2.75) is 24.9 Å². The average Bonchev–Trinajstić information content (AvgIpc) is 3.52.